The van der Waals surface area contributed by atoms with Crippen molar-refractivity contribution in [3.8, 4) is 0 Å². The van der Waals surface area contributed by atoms with E-state index in [1.54, 1.807) is 6.92 Å². The maximum absolute atomic E-state index is 8.25. The van der Waals surface area contributed by atoms with Crippen LogP contribution in [0.1, 0.15) is 20.3 Å². The smallest absolute Gasteiger partial charge is 0.425 e. The second-order valence-electron chi connectivity index (χ2n) is 1.06. The molecule has 0 heterocycles. The maximum atomic E-state index is 8.25. The van der Waals surface area contributed by atoms with Gasteiger partial charge in [0.1, 0.15) is 0 Å². The van der Waals surface area contributed by atoms with E-state index >= 15 is 0 Å². The molecule has 0 aromatic heterocycles. The summed E-state index contributed by atoms with van der Waals surface area (Å²) >= 11 is 0. The van der Waals surface area contributed by atoms with E-state index in [0.717, 1.165) is 6.42 Å². The first-order chi connectivity index (χ1) is 3.27. The van der Waals surface area contributed by atoms with E-state index in [2.05, 4.69) is 13.8 Å². The average Bonchev–Trinajstić information content (AvgIpc) is 1.73. The zero-order valence-electron chi connectivity index (χ0n) is 5.85. The van der Waals surface area contributed by atoms with Crippen molar-refractivity contribution in [1.82, 2.24) is 0 Å². The number of aliphatic hydroxyl groups is 1. The third-order valence-corrected chi connectivity index (χ3v) is 0.471. The molecule has 0 spiro atoms. The molecule has 0 saturated heterocycles. The molecule has 1 unspecified atom stereocenters. The number of hydrogen-bond donors (Lipinski definition) is 1. The van der Waals surface area contributed by atoms with Crippen molar-refractivity contribution in [2.45, 2.75) is 26.4 Å². The van der Waals surface area contributed by atoms with Gasteiger partial charge < -0.3 is 19.0 Å². The van der Waals surface area contributed by atoms with Crippen LogP contribution in [0.25, 0.3) is 0 Å². The molecule has 0 radical (unpaired) electrons. The molecule has 0 fully saturated rings. The van der Waals surface area contributed by atoms with Crippen LogP contribution >= 0.6 is 0 Å². The van der Waals surface area contributed by atoms with Crippen molar-refractivity contribution < 1.29 is 24.6 Å². The third kappa shape index (κ3) is 30.8. The first kappa shape index (κ1) is 15.8. The molecular weight excluding hydrogens is 153 g/mol. The van der Waals surface area contributed by atoms with Gasteiger partial charge in [-0.2, -0.15) is 6.92 Å². The zero-order valence-corrected chi connectivity index (χ0v) is 8.82. The zero-order chi connectivity index (χ0) is 6.28. The summed E-state index contributed by atoms with van der Waals surface area (Å²) in [7, 11) is 0. The van der Waals surface area contributed by atoms with Gasteiger partial charge in [-0.25, -0.2) is 0 Å². The molecule has 0 aromatic rings. The largest absolute Gasteiger partial charge is 2.00 e. The molecule has 1 nitrogen and oxygen atoms in total. The summed E-state index contributed by atoms with van der Waals surface area (Å²) in [5.41, 5.74) is 0. The first-order valence-corrected chi connectivity index (χ1v) is 2.49. The Morgan fingerprint density at radius 2 is 1.62 bits per heavy atom. The summed E-state index contributed by atoms with van der Waals surface area (Å²) in [6, 6.07) is 0. The molecule has 0 rings (SSSR count). The Labute approximate surface area is 65.2 Å². The van der Waals surface area contributed by atoms with Crippen LogP contribution in [0, 0.1) is 13.8 Å². The van der Waals surface area contributed by atoms with Crippen LogP contribution in [0.4, 0.5) is 0 Å². The Balaban J connectivity index is -0.0000000750. The summed E-state index contributed by atoms with van der Waals surface area (Å²) < 4.78 is 0. The minimum absolute atomic E-state index is 0. The van der Waals surface area contributed by atoms with E-state index in [1.165, 1.54) is 0 Å². The second kappa shape index (κ2) is 15.6. The van der Waals surface area contributed by atoms with Crippen molar-refractivity contribution in [2.24, 2.45) is 0 Å². The van der Waals surface area contributed by atoms with Crippen LogP contribution in [0.15, 0.2) is 0 Å². The van der Waals surface area contributed by atoms with Gasteiger partial charge in [-0.15, -0.1) is 0 Å². The molecule has 0 bridgehead atoms. The first-order valence-electron chi connectivity index (χ1n) is 2.49. The van der Waals surface area contributed by atoms with Gasteiger partial charge in [0.25, 0.3) is 0 Å². The van der Waals surface area contributed by atoms with Crippen molar-refractivity contribution >= 4 is 0 Å². The predicted molar refractivity (Wildman–Crippen MR) is 32.7 cm³/mol. The van der Waals surface area contributed by atoms with E-state index in [0.29, 0.717) is 0 Å². The fraction of sp³-hybridized carbons (Fsp3) is 0.667. The molecule has 8 heavy (non-hydrogen) atoms. The number of aliphatic hydroxyl groups excluding tert-OH is 1. The van der Waals surface area contributed by atoms with E-state index in [1.807, 2.05) is 6.92 Å². The molecular formula is C6H14OZn. The van der Waals surface area contributed by atoms with Crippen molar-refractivity contribution in [3.63, 3.8) is 0 Å². The standard InChI is InChI=1S/C4H9O.C2H5.Zn/c1-3-4(2)5;1-2;/h4-5H,2-3H2,1H3;1H2,2H3;/q2*-1;+2. The van der Waals surface area contributed by atoms with Crippen molar-refractivity contribution in [3.05, 3.63) is 13.8 Å². The van der Waals surface area contributed by atoms with Crippen LogP contribution in [0.2, 0.25) is 0 Å². The molecule has 46 valence electrons. The Morgan fingerprint density at radius 1 is 1.50 bits per heavy atom. The minimum Gasteiger partial charge on any atom is -0.425 e. The number of rotatable bonds is 1. The van der Waals surface area contributed by atoms with Gasteiger partial charge in [-0.05, 0) is 0 Å². The monoisotopic (exact) mass is 166 g/mol. The van der Waals surface area contributed by atoms with Gasteiger partial charge in [0.15, 0.2) is 0 Å². The van der Waals surface area contributed by atoms with Crippen molar-refractivity contribution in [1.29, 1.82) is 0 Å². The molecule has 1 N–H and O–H groups in total. The predicted octanol–water partition coefficient (Wildman–Crippen LogP) is 1.43. The quantitative estimate of drug-likeness (QED) is 0.463. The van der Waals surface area contributed by atoms with Crippen LogP contribution in [-0.4, -0.2) is 11.2 Å². The van der Waals surface area contributed by atoms with E-state index in [-0.39, 0.29) is 25.6 Å². The van der Waals surface area contributed by atoms with Gasteiger partial charge in [-0.3, -0.25) is 0 Å². The Bertz CT molecular complexity index is 22.5. The fourth-order valence-electron chi connectivity index (χ4n) is 0. The molecule has 0 amide bonds. The van der Waals surface area contributed by atoms with Crippen LogP contribution in [-0.2, 0) is 19.5 Å². The van der Waals surface area contributed by atoms with Crippen LogP contribution in [0.3, 0.4) is 0 Å². The van der Waals surface area contributed by atoms with Gasteiger partial charge in [0.2, 0.25) is 0 Å². The Kier molecular flexibility index (Phi) is 31.0. The van der Waals surface area contributed by atoms with Gasteiger partial charge >= 0.3 is 19.5 Å². The number of hydrogen-bond acceptors (Lipinski definition) is 1. The Hall–Kier alpha value is 0.583. The Morgan fingerprint density at radius 3 is 1.62 bits per heavy atom. The minimum atomic E-state index is -0.366. The molecule has 2 heteroatoms. The van der Waals surface area contributed by atoms with Gasteiger partial charge in [0.05, 0.1) is 0 Å². The van der Waals surface area contributed by atoms with Gasteiger partial charge in [0, 0.05) is 0 Å². The SMILES string of the molecule is [CH2-]C.[CH2-]C(O)CC.[Zn+2]. The third-order valence-electron chi connectivity index (χ3n) is 0.471. The normalized spacial score (nSPS) is 10.1. The molecule has 1 atom stereocenters. The summed E-state index contributed by atoms with van der Waals surface area (Å²) in [5.74, 6) is 0. The summed E-state index contributed by atoms with van der Waals surface area (Å²) in [4.78, 5) is 0. The van der Waals surface area contributed by atoms with E-state index in [9.17, 15) is 0 Å². The summed E-state index contributed by atoms with van der Waals surface area (Å²) in [6.07, 6.45) is 0.384. The molecule has 0 aliphatic carbocycles. The van der Waals surface area contributed by atoms with Gasteiger partial charge in [-0.1, -0.05) is 19.4 Å². The van der Waals surface area contributed by atoms with E-state index in [4.69, 9.17) is 5.11 Å². The van der Waals surface area contributed by atoms with Crippen LogP contribution in [0.5, 0.6) is 0 Å². The molecule has 0 aromatic carbocycles. The summed E-state index contributed by atoms with van der Waals surface area (Å²) in [6.45, 7) is 10.2. The maximum Gasteiger partial charge on any atom is 2.00 e. The molecule has 0 aliphatic rings. The van der Waals surface area contributed by atoms with E-state index < -0.39 is 0 Å². The molecule has 0 saturated carbocycles. The second-order valence-corrected chi connectivity index (χ2v) is 1.06. The molecule has 0 aliphatic heterocycles. The average molecular weight is 168 g/mol. The topological polar surface area (TPSA) is 20.2 Å². The van der Waals surface area contributed by atoms with Crippen LogP contribution < -0.4 is 0 Å². The fourth-order valence-corrected chi connectivity index (χ4v) is 0. The van der Waals surface area contributed by atoms with Crippen molar-refractivity contribution in [2.75, 3.05) is 0 Å². The summed E-state index contributed by atoms with van der Waals surface area (Å²) in [5, 5.41) is 8.25.